The summed E-state index contributed by atoms with van der Waals surface area (Å²) in [6.07, 6.45) is 5.80. The van der Waals surface area contributed by atoms with Gasteiger partial charge in [0.2, 0.25) is 0 Å². The van der Waals surface area contributed by atoms with Gasteiger partial charge in [0.1, 0.15) is 0 Å². The molecule has 2 nitrogen and oxygen atoms in total. The molecule has 70 valence electrons. The molecule has 2 aliphatic rings. The van der Waals surface area contributed by atoms with Gasteiger partial charge in [-0.3, -0.25) is 0 Å². The van der Waals surface area contributed by atoms with Crippen LogP contribution in [-0.4, -0.2) is 44.4 Å². The Morgan fingerprint density at radius 2 is 1.08 bits per heavy atom. The summed E-state index contributed by atoms with van der Waals surface area (Å²) in [5, 5.41) is 0. The van der Waals surface area contributed by atoms with E-state index < -0.39 is 9.12 Å². The third-order valence-corrected chi connectivity index (χ3v) is 6.48. The number of rotatable bonds is 2. The lowest BCUT2D eigenvalue weighted by molar-refractivity contribution is 0.430. The quantitative estimate of drug-likeness (QED) is 0.592. The van der Waals surface area contributed by atoms with Gasteiger partial charge < -0.3 is 9.13 Å². The first-order valence-electron chi connectivity index (χ1n) is 5.36. The van der Waals surface area contributed by atoms with E-state index in [1.165, 1.54) is 51.9 Å². The Kier molecular flexibility index (Phi) is 2.83. The molecular formula is C9H20N2Si. The zero-order chi connectivity index (χ0) is 8.39. The molecule has 0 aromatic heterocycles. The number of hydrogen-bond acceptors (Lipinski definition) is 2. The fraction of sp³-hybridized carbons (Fsp3) is 1.00. The van der Waals surface area contributed by atoms with Gasteiger partial charge in [0.05, 0.1) is 0 Å². The Hall–Kier alpha value is 0.137. The van der Waals surface area contributed by atoms with E-state index in [1.807, 2.05) is 0 Å². The molecule has 2 fully saturated rings. The monoisotopic (exact) mass is 184 g/mol. The van der Waals surface area contributed by atoms with Crippen LogP contribution in [0, 0.1) is 0 Å². The Morgan fingerprint density at radius 3 is 1.42 bits per heavy atom. The molecule has 12 heavy (non-hydrogen) atoms. The summed E-state index contributed by atoms with van der Waals surface area (Å²) in [4.78, 5) is 0. The maximum Gasteiger partial charge on any atom is 0.186 e. The first-order chi connectivity index (χ1) is 5.88. The topological polar surface area (TPSA) is 6.48 Å². The highest BCUT2D eigenvalue weighted by Crippen LogP contribution is 2.16. The second-order valence-corrected chi connectivity index (χ2v) is 6.84. The second-order valence-electron chi connectivity index (χ2n) is 4.12. The highest BCUT2D eigenvalue weighted by atomic mass is 28.3. The summed E-state index contributed by atoms with van der Waals surface area (Å²) in [5.41, 5.74) is 0. The highest BCUT2D eigenvalue weighted by molar-refractivity contribution is 6.51. The van der Waals surface area contributed by atoms with Crippen molar-refractivity contribution in [3.8, 4) is 0 Å². The Balaban J connectivity index is 1.84. The Bertz CT molecular complexity index is 123. The zero-order valence-corrected chi connectivity index (χ0v) is 9.28. The van der Waals surface area contributed by atoms with Crippen LogP contribution >= 0.6 is 0 Å². The largest absolute Gasteiger partial charge is 0.314 e. The molecule has 2 aliphatic heterocycles. The van der Waals surface area contributed by atoms with E-state index in [-0.39, 0.29) is 0 Å². The minimum atomic E-state index is -0.640. The molecule has 2 heterocycles. The molecule has 2 saturated heterocycles. The van der Waals surface area contributed by atoms with E-state index in [4.69, 9.17) is 0 Å². The van der Waals surface area contributed by atoms with Crippen molar-refractivity contribution in [1.29, 1.82) is 0 Å². The first kappa shape index (κ1) is 8.72. The Morgan fingerprint density at radius 1 is 0.750 bits per heavy atom. The van der Waals surface area contributed by atoms with Gasteiger partial charge in [-0.1, -0.05) is 0 Å². The Labute approximate surface area is 77.3 Å². The fourth-order valence-electron chi connectivity index (χ4n) is 2.46. The molecule has 0 aromatic carbocycles. The average Bonchev–Trinajstić information content (AvgIpc) is 2.77. The normalized spacial score (nSPS) is 27.5. The molecular weight excluding hydrogens is 164 g/mol. The molecule has 0 unspecified atom stereocenters. The van der Waals surface area contributed by atoms with Gasteiger partial charge in [-0.25, -0.2) is 0 Å². The lowest BCUT2D eigenvalue weighted by atomic mass is 10.4. The van der Waals surface area contributed by atoms with Crippen molar-refractivity contribution in [3.05, 3.63) is 0 Å². The SMILES string of the molecule is C[SiH](N1CCCC1)N1CCCC1. The minimum absolute atomic E-state index is 0.640. The number of hydrogen-bond donors (Lipinski definition) is 0. The predicted molar refractivity (Wildman–Crippen MR) is 54.6 cm³/mol. The van der Waals surface area contributed by atoms with Crippen molar-refractivity contribution >= 4 is 9.12 Å². The molecule has 0 spiro atoms. The van der Waals surface area contributed by atoms with E-state index in [9.17, 15) is 0 Å². The third-order valence-electron chi connectivity index (χ3n) is 3.34. The van der Waals surface area contributed by atoms with Gasteiger partial charge in [-0.05, 0) is 58.4 Å². The van der Waals surface area contributed by atoms with Crippen LogP contribution in [0.5, 0.6) is 0 Å². The van der Waals surface area contributed by atoms with Gasteiger partial charge in [0.25, 0.3) is 0 Å². The minimum Gasteiger partial charge on any atom is -0.314 e. The van der Waals surface area contributed by atoms with Crippen LogP contribution in [0.25, 0.3) is 0 Å². The van der Waals surface area contributed by atoms with Crippen molar-refractivity contribution in [2.24, 2.45) is 0 Å². The lowest BCUT2D eigenvalue weighted by Gasteiger charge is -2.30. The average molecular weight is 184 g/mol. The number of nitrogens with zero attached hydrogens (tertiary/aromatic N) is 2. The molecule has 0 aromatic rings. The van der Waals surface area contributed by atoms with Crippen LogP contribution in [0.1, 0.15) is 25.7 Å². The highest BCUT2D eigenvalue weighted by Gasteiger charge is 2.26. The summed E-state index contributed by atoms with van der Waals surface area (Å²) in [6, 6.07) is 0. The van der Waals surface area contributed by atoms with Crippen LogP contribution in [0.2, 0.25) is 6.55 Å². The summed E-state index contributed by atoms with van der Waals surface area (Å²) >= 11 is 0. The molecule has 3 heteroatoms. The van der Waals surface area contributed by atoms with E-state index in [0.29, 0.717) is 0 Å². The van der Waals surface area contributed by atoms with Gasteiger partial charge in [0, 0.05) is 0 Å². The second kappa shape index (κ2) is 3.90. The van der Waals surface area contributed by atoms with Crippen molar-refractivity contribution in [1.82, 2.24) is 9.13 Å². The van der Waals surface area contributed by atoms with Gasteiger partial charge in [-0.15, -0.1) is 0 Å². The molecule has 0 amide bonds. The predicted octanol–water partition coefficient (Wildman–Crippen LogP) is 1.03. The van der Waals surface area contributed by atoms with E-state index in [2.05, 4.69) is 15.7 Å². The summed E-state index contributed by atoms with van der Waals surface area (Å²) in [5.74, 6) is 0. The maximum absolute atomic E-state index is 2.77. The first-order valence-corrected chi connectivity index (χ1v) is 7.55. The standard InChI is InChI=1S/C9H20N2Si/c1-12(10-6-2-3-7-10)11-8-4-5-9-11/h12H,2-9H2,1H3. The van der Waals surface area contributed by atoms with Gasteiger partial charge in [-0.2, -0.15) is 0 Å². The fourth-order valence-corrected chi connectivity index (χ4v) is 5.15. The molecule has 0 N–H and O–H groups in total. The van der Waals surface area contributed by atoms with Crippen molar-refractivity contribution in [2.75, 3.05) is 26.2 Å². The van der Waals surface area contributed by atoms with E-state index in [0.717, 1.165) is 0 Å². The maximum atomic E-state index is 2.77. The van der Waals surface area contributed by atoms with Crippen LogP contribution in [0.4, 0.5) is 0 Å². The van der Waals surface area contributed by atoms with Crippen molar-refractivity contribution < 1.29 is 0 Å². The lowest BCUT2D eigenvalue weighted by Crippen LogP contribution is -2.48. The third kappa shape index (κ3) is 1.73. The van der Waals surface area contributed by atoms with E-state index in [1.54, 1.807) is 0 Å². The summed E-state index contributed by atoms with van der Waals surface area (Å²) < 4.78 is 5.54. The molecule has 0 saturated carbocycles. The molecule has 0 atom stereocenters. The molecule has 2 rings (SSSR count). The van der Waals surface area contributed by atoms with Gasteiger partial charge >= 0.3 is 0 Å². The summed E-state index contributed by atoms with van der Waals surface area (Å²) in [7, 11) is -0.640. The van der Waals surface area contributed by atoms with Crippen molar-refractivity contribution in [2.45, 2.75) is 32.2 Å². The summed E-state index contributed by atoms with van der Waals surface area (Å²) in [6.45, 7) is 8.08. The molecule has 0 bridgehead atoms. The smallest absolute Gasteiger partial charge is 0.186 e. The molecule has 0 radical (unpaired) electrons. The van der Waals surface area contributed by atoms with Crippen LogP contribution < -0.4 is 0 Å². The van der Waals surface area contributed by atoms with Gasteiger partial charge in [0.15, 0.2) is 9.12 Å². The van der Waals surface area contributed by atoms with Crippen LogP contribution in [0.15, 0.2) is 0 Å². The van der Waals surface area contributed by atoms with Crippen molar-refractivity contribution in [3.63, 3.8) is 0 Å². The van der Waals surface area contributed by atoms with Crippen LogP contribution in [-0.2, 0) is 0 Å². The zero-order valence-electron chi connectivity index (χ0n) is 8.13. The molecule has 0 aliphatic carbocycles. The van der Waals surface area contributed by atoms with E-state index >= 15 is 0 Å². The van der Waals surface area contributed by atoms with Crippen LogP contribution in [0.3, 0.4) is 0 Å².